The number of alkyl halides is 3. The van der Waals surface area contributed by atoms with Gasteiger partial charge in [-0.3, -0.25) is 4.79 Å². The number of hydrogen-bond donors (Lipinski definition) is 2. The van der Waals surface area contributed by atoms with Gasteiger partial charge in [-0.05, 0) is 44.0 Å². The molecule has 7 heteroatoms. The Balaban J connectivity index is 1.91. The Kier molecular flexibility index (Phi) is 6.84. The Morgan fingerprint density at radius 3 is 2.56 bits per heavy atom. The molecule has 1 heterocycles. The molecule has 0 unspecified atom stereocenters. The third kappa shape index (κ3) is 5.44. The van der Waals surface area contributed by atoms with E-state index in [2.05, 4.69) is 5.32 Å². The predicted molar refractivity (Wildman–Crippen MR) is 88.9 cm³/mol. The summed E-state index contributed by atoms with van der Waals surface area (Å²) in [6, 6.07) is 5.12. The van der Waals surface area contributed by atoms with Crippen molar-refractivity contribution in [3.8, 4) is 0 Å². The molecular formula is C18H25F3N2O2. The average Bonchev–Trinajstić information content (AvgIpc) is 2.59. The molecule has 4 nitrogen and oxygen atoms in total. The molecule has 2 rings (SSSR count). The summed E-state index contributed by atoms with van der Waals surface area (Å²) in [5.41, 5.74) is -0.894. The van der Waals surface area contributed by atoms with Gasteiger partial charge in [-0.25, -0.2) is 0 Å². The number of likely N-dealkylation sites (tertiary alicyclic amines) is 1. The fourth-order valence-electron chi connectivity index (χ4n) is 3.16. The Labute approximate surface area is 146 Å². The number of benzene rings is 1. The molecule has 0 aliphatic carbocycles. The second-order valence-corrected chi connectivity index (χ2v) is 6.47. The average molecular weight is 358 g/mol. The van der Waals surface area contributed by atoms with Crippen LogP contribution in [-0.2, 0) is 11.0 Å². The van der Waals surface area contributed by atoms with Crippen molar-refractivity contribution >= 4 is 5.91 Å². The van der Waals surface area contributed by atoms with Gasteiger partial charge in [0.2, 0.25) is 5.91 Å². The van der Waals surface area contributed by atoms with E-state index in [9.17, 15) is 23.1 Å². The van der Waals surface area contributed by atoms with E-state index in [1.54, 1.807) is 0 Å². The number of aliphatic hydroxyl groups is 1. The smallest absolute Gasteiger partial charge is 0.387 e. The predicted octanol–water partition coefficient (Wildman–Crippen LogP) is 2.98. The molecule has 25 heavy (non-hydrogen) atoms. The lowest BCUT2D eigenvalue weighted by Crippen LogP contribution is -2.42. The van der Waals surface area contributed by atoms with Crippen molar-refractivity contribution in [2.45, 2.75) is 38.5 Å². The SMILES string of the molecule is CCCNC(=O)C1CCN(C[C@@H](O)c2ccccc2C(F)(F)F)CC1. The molecular weight excluding hydrogens is 333 g/mol. The van der Waals surface area contributed by atoms with E-state index in [-0.39, 0.29) is 23.9 Å². The van der Waals surface area contributed by atoms with Crippen molar-refractivity contribution in [3.63, 3.8) is 0 Å². The summed E-state index contributed by atoms with van der Waals surface area (Å²) in [6.07, 6.45) is -3.49. The van der Waals surface area contributed by atoms with Crippen LogP contribution in [0.2, 0.25) is 0 Å². The van der Waals surface area contributed by atoms with Crippen LogP contribution in [0.5, 0.6) is 0 Å². The van der Waals surface area contributed by atoms with E-state index in [1.165, 1.54) is 18.2 Å². The van der Waals surface area contributed by atoms with Gasteiger partial charge in [0.15, 0.2) is 0 Å². The molecule has 1 atom stereocenters. The number of nitrogens with zero attached hydrogens (tertiary/aromatic N) is 1. The fraction of sp³-hybridized carbons (Fsp3) is 0.611. The first-order chi connectivity index (χ1) is 11.8. The van der Waals surface area contributed by atoms with Gasteiger partial charge in [-0.2, -0.15) is 13.2 Å². The van der Waals surface area contributed by atoms with E-state index in [1.807, 2.05) is 11.8 Å². The maximum atomic E-state index is 13.1. The van der Waals surface area contributed by atoms with Crippen molar-refractivity contribution in [2.24, 2.45) is 5.92 Å². The Bertz CT molecular complexity index is 570. The number of rotatable bonds is 6. The normalized spacial score (nSPS) is 18.1. The number of nitrogens with one attached hydrogen (secondary N) is 1. The van der Waals surface area contributed by atoms with Gasteiger partial charge in [-0.15, -0.1) is 0 Å². The van der Waals surface area contributed by atoms with Crippen LogP contribution in [0.1, 0.15) is 43.4 Å². The van der Waals surface area contributed by atoms with Crippen LogP contribution in [-0.4, -0.2) is 42.1 Å². The van der Waals surface area contributed by atoms with Crippen molar-refractivity contribution in [3.05, 3.63) is 35.4 Å². The highest BCUT2D eigenvalue weighted by Crippen LogP contribution is 2.35. The van der Waals surface area contributed by atoms with Gasteiger partial charge in [0.25, 0.3) is 0 Å². The molecule has 0 bridgehead atoms. The monoisotopic (exact) mass is 358 g/mol. The number of β-amino-alcohol motifs (C(OH)–C–C–N with tert-alkyl or cyclic N) is 1. The van der Waals surface area contributed by atoms with Gasteiger partial charge >= 0.3 is 6.18 Å². The zero-order valence-corrected chi connectivity index (χ0v) is 14.4. The Morgan fingerprint density at radius 2 is 1.96 bits per heavy atom. The second-order valence-electron chi connectivity index (χ2n) is 6.47. The number of hydrogen-bond acceptors (Lipinski definition) is 3. The number of carbonyl (C=O) groups excluding carboxylic acids is 1. The molecule has 0 aromatic heterocycles. The molecule has 1 amide bonds. The van der Waals surface area contributed by atoms with Gasteiger partial charge < -0.3 is 15.3 Å². The van der Waals surface area contributed by atoms with E-state index in [0.29, 0.717) is 32.5 Å². The minimum absolute atomic E-state index is 0.0458. The largest absolute Gasteiger partial charge is 0.416 e. The first-order valence-electron chi connectivity index (χ1n) is 8.67. The molecule has 1 saturated heterocycles. The third-order valence-electron chi connectivity index (χ3n) is 4.56. The van der Waals surface area contributed by atoms with Crippen LogP contribution in [0.4, 0.5) is 13.2 Å². The second kappa shape index (κ2) is 8.67. The Hall–Kier alpha value is -1.60. The molecule has 1 aliphatic heterocycles. The zero-order chi connectivity index (χ0) is 18.4. The van der Waals surface area contributed by atoms with E-state index >= 15 is 0 Å². The first kappa shape index (κ1) is 19.7. The maximum Gasteiger partial charge on any atom is 0.416 e. The molecule has 1 aliphatic rings. The Morgan fingerprint density at radius 1 is 1.32 bits per heavy atom. The minimum atomic E-state index is -4.48. The highest BCUT2D eigenvalue weighted by Gasteiger charge is 2.35. The lowest BCUT2D eigenvalue weighted by molar-refractivity contribution is -0.139. The molecule has 1 aromatic carbocycles. The molecule has 2 N–H and O–H groups in total. The minimum Gasteiger partial charge on any atom is -0.387 e. The van der Waals surface area contributed by atoms with Gasteiger partial charge in [0.05, 0.1) is 11.7 Å². The lowest BCUT2D eigenvalue weighted by atomic mass is 9.94. The van der Waals surface area contributed by atoms with Gasteiger partial charge in [-0.1, -0.05) is 25.1 Å². The van der Waals surface area contributed by atoms with Crippen LogP contribution in [0.3, 0.4) is 0 Å². The summed E-state index contributed by atoms with van der Waals surface area (Å²) in [5.74, 6) is -0.00753. The van der Waals surface area contributed by atoms with Crippen LogP contribution in [0.25, 0.3) is 0 Å². The fourth-order valence-corrected chi connectivity index (χ4v) is 3.16. The summed E-state index contributed by atoms with van der Waals surface area (Å²) < 4.78 is 39.2. The molecule has 0 spiro atoms. The van der Waals surface area contributed by atoms with Crippen molar-refractivity contribution in [2.75, 3.05) is 26.2 Å². The quantitative estimate of drug-likeness (QED) is 0.822. The van der Waals surface area contributed by atoms with Gasteiger partial charge in [0.1, 0.15) is 0 Å². The standard InChI is InChI=1S/C18H25F3N2O2/c1-2-9-22-17(25)13-7-10-23(11-8-13)12-16(24)14-5-3-4-6-15(14)18(19,20)21/h3-6,13,16,24H,2,7-12H2,1H3,(H,22,25)/t16-/m1/s1. The van der Waals surface area contributed by atoms with Crippen LogP contribution >= 0.6 is 0 Å². The molecule has 1 fully saturated rings. The molecule has 0 saturated carbocycles. The molecule has 1 aromatic rings. The van der Waals surface area contributed by atoms with Crippen molar-refractivity contribution in [1.82, 2.24) is 10.2 Å². The maximum absolute atomic E-state index is 13.1. The highest BCUT2D eigenvalue weighted by atomic mass is 19.4. The van der Waals surface area contributed by atoms with Crippen LogP contribution in [0, 0.1) is 5.92 Å². The van der Waals surface area contributed by atoms with E-state index in [0.717, 1.165) is 12.5 Å². The van der Waals surface area contributed by atoms with E-state index in [4.69, 9.17) is 0 Å². The number of carbonyl (C=O) groups is 1. The first-order valence-corrected chi connectivity index (χ1v) is 8.67. The topological polar surface area (TPSA) is 52.6 Å². The number of amides is 1. The summed E-state index contributed by atoms with van der Waals surface area (Å²) >= 11 is 0. The van der Waals surface area contributed by atoms with E-state index < -0.39 is 17.8 Å². The van der Waals surface area contributed by atoms with Crippen LogP contribution in [0.15, 0.2) is 24.3 Å². The number of halogens is 3. The van der Waals surface area contributed by atoms with Gasteiger partial charge in [0, 0.05) is 19.0 Å². The highest BCUT2D eigenvalue weighted by molar-refractivity contribution is 5.78. The third-order valence-corrected chi connectivity index (χ3v) is 4.56. The zero-order valence-electron chi connectivity index (χ0n) is 14.4. The molecule has 140 valence electrons. The summed E-state index contributed by atoms with van der Waals surface area (Å²) in [7, 11) is 0. The molecule has 0 radical (unpaired) electrons. The summed E-state index contributed by atoms with van der Waals surface area (Å²) in [5, 5.41) is 13.2. The van der Waals surface area contributed by atoms with Crippen LogP contribution < -0.4 is 5.32 Å². The summed E-state index contributed by atoms with van der Waals surface area (Å²) in [6.45, 7) is 3.97. The van der Waals surface area contributed by atoms with Crippen molar-refractivity contribution < 1.29 is 23.1 Å². The lowest BCUT2D eigenvalue weighted by Gasteiger charge is -2.33. The summed E-state index contributed by atoms with van der Waals surface area (Å²) in [4.78, 5) is 13.9. The number of piperidine rings is 1. The van der Waals surface area contributed by atoms with Crippen molar-refractivity contribution in [1.29, 1.82) is 0 Å². The number of aliphatic hydroxyl groups excluding tert-OH is 1.